The van der Waals surface area contributed by atoms with Crippen LogP contribution in [0, 0.1) is 0 Å². The van der Waals surface area contributed by atoms with E-state index in [4.69, 9.17) is 0 Å². The molecule has 2 unspecified atom stereocenters. The number of hydrogen-bond acceptors (Lipinski definition) is 7. The second kappa shape index (κ2) is 21.0. The van der Waals surface area contributed by atoms with Crippen molar-refractivity contribution >= 4 is 21.7 Å². The molecular weight excluding hydrogens is 491 g/mol. The van der Waals surface area contributed by atoms with Gasteiger partial charge in [0.25, 0.3) is 5.84 Å². The average Bonchev–Trinajstić information content (AvgIpc) is 3.18. The molecule has 2 atom stereocenters. The molecule has 0 bridgehead atoms. The molecule has 10 heteroatoms. The normalized spacial score (nSPS) is 18.6. The van der Waals surface area contributed by atoms with E-state index in [9.17, 15) is 28.0 Å². The minimum absolute atomic E-state index is 0. The Balaban J connectivity index is 0.0000122. The fraction of sp³-hybridized carbons (Fsp3) is 0.923. The number of aliphatic hydroxyl groups excluding tert-OH is 2. The van der Waals surface area contributed by atoms with Gasteiger partial charge in [-0.15, -0.1) is 0 Å². The number of unbranched alkanes of at least 4 members (excludes halogenated alkanes) is 14. The fourth-order valence-corrected chi connectivity index (χ4v) is 5.67. The maximum absolute atomic E-state index is 12.8. The first-order valence-corrected chi connectivity index (χ1v) is 15.5. The van der Waals surface area contributed by atoms with Gasteiger partial charge in [0, 0.05) is 6.42 Å². The van der Waals surface area contributed by atoms with Crippen LogP contribution in [0.25, 0.3) is 0 Å². The van der Waals surface area contributed by atoms with Crippen LogP contribution in [-0.2, 0) is 14.9 Å². The average molecular weight is 542 g/mol. The van der Waals surface area contributed by atoms with Crippen LogP contribution in [0.3, 0.4) is 0 Å². The van der Waals surface area contributed by atoms with E-state index in [2.05, 4.69) is 11.9 Å². The number of carbonyl (C=O) groups excluding carboxylic acids is 1. The van der Waals surface area contributed by atoms with Gasteiger partial charge in [0.05, 0.1) is 29.0 Å². The molecule has 0 aromatic heterocycles. The van der Waals surface area contributed by atoms with Gasteiger partial charge in [-0.1, -0.05) is 96.8 Å². The maximum atomic E-state index is 12.8. The second-order valence-corrected chi connectivity index (χ2v) is 11.7. The summed E-state index contributed by atoms with van der Waals surface area (Å²) in [6, 6.07) is 0. The van der Waals surface area contributed by atoms with E-state index < -0.39 is 22.0 Å². The van der Waals surface area contributed by atoms with Crippen LogP contribution in [0.15, 0.2) is 4.99 Å². The van der Waals surface area contributed by atoms with Crippen LogP contribution < -0.4 is 29.6 Å². The van der Waals surface area contributed by atoms with Crippen molar-refractivity contribution in [2.75, 3.05) is 38.5 Å². The summed E-state index contributed by atoms with van der Waals surface area (Å²) in [6.45, 7) is 2.89. The Labute approximate surface area is 242 Å². The van der Waals surface area contributed by atoms with E-state index in [1.54, 1.807) is 0 Å². The SMILES string of the molecule is CCCCCCCCCCCCCCCCCC(=O)C1=NCC[N+]1(CCO)CC(O)CS(=O)(=O)[O-].[Na+]. The molecule has 0 amide bonds. The van der Waals surface area contributed by atoms with Gasteiger partial charge in [-0.05, 0) is 6.42 Å². The van der Waals surface area contributed by atoms with Crippen LogP contribution in [0.4, 0.5) is 0 Å². The van der Waals surface area contributed by atoms with Crippen LogP contribution in [0.2, 0.25) is 0 Å². The Morgan fingerprint density at radius 3 is 1.86 bits per heavy atom. The van der Waals surface area contributed by atoms with E-state index in [0.717, 1.165) is 19.3 Å². The van der Waals surface area contributed by atoms with Gasteiger partial charge in [-0.3, -0.25) is 9.28 Å². The monoisotopic (exact) mass is 541 g/mol. The number of quaternary nitrogens is 1. The van der Waals surface area contributed by atoms with Crippen LogP contribution in [0.1, 0.15) is 110 Å². The fourth-order valence-electron chi connectivity index (χ4n) is 5.09. The number of hydrogen-bond donors (Lipinski definition) is 2. The topological polar surface area (TPSA) is 127 Å². The summed E-state index contributed by atoms with van der Waals surface area (Å²) in [5.41, 5.74) is 0. The Morgan fingerprint density at radius 2 is 1.42 bits per heavy atom. The number of aliphatic hydroxyl groups is 2. The standard InChI is InChI=1S/C26H50N2O6S.Na/c1-2-3-4-5-6-7-8-9-10-11-12-13-14-15-16-17-25(31)26-27-18-19-28(26,20-21-29)22-24(30)23-35(32,33)34;/h24,29-30H,2-23H2,1H3;/q;+1. The van der Waals surface area contributed by atoms with E-state index in [1.807, 2.05) is 0 Å². The zero-order valence-corrected chi connectivity index (χ0v) is 25.8. The van der Waals surface area contributed by atoms with Crippen molar-refractivity contribution in [3.8, 4) is 0 Å². The number of carbonyl (C=O) groups is 1. The van der Waals surface area contributed by atoms with Gasteiger partial charge < -0.3 is 14.8 Å². The molecular formula is C26H50N2NaO6S+. The minimum atomic E-state index is -4.58. The van der Waals surface area contributed by atoms with Gasteiger partial charge in [0.15, 0.2) is 0 Å². The molecule has 1 rings (SSSR count). The molecule has 2 N–H and O–H groups in total. The molecule has 0 aliphatic carbocycles. The molecule has 1 aliphatic heterocycles. The summed E-state index contributed by atoms with van der Waals surface area (Å²) in [5.74, 6) is -0.714. The maximum Gasteiger partial charge on any atom is 1.00 e. The molecule has 1 heterocycles. The molecule has 0 saturated carbocycles. The molecule has 206 valence electrons. The summed E-state index contributed by atoms with van der Waals surface area (Å²) in [7, 11) is -4.58. The summed E-state index contributed by atoms with van der Waals surface area (Å²) < 4.78 is 32.9. The third kappa shape index (κ3) is 16.2. The van der Waals surface area contributed by atoms with Crippen molar-refractivity contribution in [2.45, 2.75) is 116 Å². The number of Topliss-reactive ketones (excluding diaryl/α,β-unsaturated/α-hetero) is 1. The Morgan fingerprint density at radius 1 is 0.944 bits per heavy atom. The molecule has 1 aliphatic rings. The molecule has 0 aromatic rings. The summed E-state index contributed by atoms with van der Waals surface area (Å²) in [4.78, 5) is 17.2. The number of rotatable bonds is 23. The van der Waals surface area contributed by atoms with Gasteiger partial charge in [-0.25, -0.2) is 13.4 Å². The van der Waals surface area contributed by atoms with Crippen molar-refractivity contribution < 1.29 is 62.0 Å². The molecule has 0 saturated heterocycles. The second-order valence-electron chi connectivity index (χ2n) is 10.2. The quantitative estimate of drug-likeness (QED) is 0.0858. The molecule has 0 aromatic carbocycles. The largest absolute Gasteiger partial charge is 1.00 e. The zero-order chi connectivity index (χ0) is 26.0. The Bertz CT molecular complexity index is 719. The van der Waals surface area contributed by atoms with Gasteiger partial charge in [0.2, 0.25) is 5.78 Å². The Kier molecular flexibility index (Phi) is 21.1. The number of nitrogens with zero attached hydrogens (tertiary/aromatic N) is 2. The van der Waals surface area contributed by atoms with Crippen molar-refractivity contribution in [3.63, 3.8) is 0 Å². The van der Waals surface area contributed by atoms with Crippen molar-refractivity contribution in [3.05, 3.63) is 0 Å². The first kappa shape index (κ1) is 36.1. The van der Waals surface area contributed by atoms with E-state index in [0.29, 0.717) is 25.3 Å². The molecule has 0 spiro atoms. The molecule has 0 fully saturated rings. The van der Waals surface area contributed by atoms with Gasteiger partial charge in [0.1, 0.15) is 25.7 Å². The smallest absolute Gasteiger partial charge is 0.748 e. The minimum Gasteiger partial charge on any atom is -0.748 e. The first-order chi connectivity index (χ1) is 16.7. The number of ketones is 1. The van der Waals surface area contributed by atoms with Crippen LogP contribution in [0.5, 0.6) is 0 Å². The molecule has 0 radical (unpaired) electrons. The van der Waals surface area contributed by atoms with Gasteiger partial charge in [-0.2, -0.15) is 0 Å². The summed E-state index contributed by atoms with van der Waals surface area (Å²) in [5, 5.41) is 19.6. The third-order valence-electron chi connectivity index (χ3n) is 6.98. The number of aliphatic imine (C=N–C) groups is 1. The Hall–Kier alpha value is 0.130. The van der Waals surface area contributed by atoms with Gasteiger partial charge >= 0.3 is 29.6 Å². The zero-order valence-electron chi connectivity index (χ0n) is 23.0. The first-order valence-electron chi connectivity index (χ1n) is 13.9. The van der Waals surface area contributed by atoms with Crippen molar-refractivity contribution in [1.29, 1.82) is 0 Å². The summed E-state index contributed by atoms with van der Waals surface area (Å²) in [6.07, 6.45) is 17.8. The molecule has 8 nitrogen and oxygen atoms in total. The summed E-state index contributed by atoms with van der Waals surface area (Å²) >= 11 is 0. The number of amidine groups is 1. The van der Waals surface area contributed by atoms with Crippen molar-refractivity contribution in [1.82, 2.24) is 0 Å². The van der Waals surface area contributed by atoms with Crippen molar-refractivity contribution in [2.24, 2.45) is 4.99 Å². The van der Waals surface area contributed by atoms with E-state index >= 15 is 0 Å². The third-order valence-corrected chi connectivity index (χ3v) is 7.77. The van der Waals surface area contributed by atoms with E-state index in [-0.39, 0.29) is 59.5 Å². The van der Waals surface area contributed by atoms with Crippen LogP contribution >= 0.6 is 0 Å². The van der Waals surface area contributed by atoms with E-state index in [1.165, 1.54) is 77.0 Å². The predicted molar refractivity (Wildman–Crippen MR) is 139 cm³/mol. The molecule has 36 heavy (non-hydrogen) atoms. The predicted octanol–water partition coefficient (Wildman–Crippen LogP) is 0.948. The van der Waals surface area contributed by atoms with Crippen LogP contribution in [-0.4, -0.2) is 83.9 Å².